The zero-order chi connectivity index (χ0) is 13.4. The van der Waals surface area contributed by atoms with Crippen LogP contribution in [0.4, 0.5) is 5.69 Å². The monoisotopic (exact) mass is 252 g/mol. The Bertz CT molecular complexity index is 585. The standard InChI is InChI=1S/C17H20N2/c1-12(18)13-3-5-14(6-4-13)15-7-8-17-16(11-15)9-10-19(17)2/h3-8,11-12H,9-10,18H2,1-2H3. The largest absolute Gasteiger partial charge is 0.374 e. The molecule has 1 aliphatic rings. The Morgan fingerprint density at radius 3 is 2.42 bits per heavy atom. The van der Waals surface area contributed by atoms with E-state index in [1.165, 1.54) is 27.9 Å². The highest BCUT2D eigenvalue weighted by molar-refractivity contribution is 5.70. The van der Waals surface area contributed by atoms with Crippen LogP contribution < -0.4 is 10.6 Å². The van der Waals surface area contributed by atoms with Crippen LogP contribution in [0.25, 0.3) is 11.1 Å². The second kappa shape index (κ2) is 4.71. The molecule has 0 saturated heterocycles. The van der Waals surface area contributed by atoms with Crippen LogP contribution in [0.2, 0.25) is 0 Å². The van der Waals surface area contributed by atoms with Gasteiger partial charge in [0.05, 0.1) is 0 Å². The first-order valence-electron chi connectivity index (χ1n) is 6.85. The molecule has 0 aromatic heterocycles. The molecule has 1 atom stereocenters. The van der Waals surface area contributed by atoms with Crippen molar-refractivity contribution in [1.82, 2.24) is 0 Å². The maximum atomic E-state index is 5.89. The van der Waals surface area contributed by atoms with Crippen LogP contribution in [0.15, 0.2) is 42.5 Å². The molecule has 2 nitrogen and oxygen atoms in total. The third kappa shape index (κ3) is 2.24. The van der Waals surface area contributed by atoms with Gasteiger partial charge >= 0.3 is 0 Å². The molecule has 1 aliphatic heterocycles. The Kier molecular flexibility index (Phi) is 3.03. The van der Waals surface area contributed by atoms with E-state index in [2.05, 4.69) is 54.4 Å². The first-order chi connectivity index (χ1) is 9.15. The summed E-state index contributed by atoms with van der Waals surface area (Å²) in [6.07, 6.45) is 1.15. The van der Waals surface area contributed by atoms with Crippen molar-refractivity contribution in [2.45, 2.75) is 19.4 Å². The summed E-state index contributed by atoms with van der Waals surface area (Å²) in [5, 5.41) is 0. The number of rotatable bonds is 2. The van der Waals surface area contributed by atoms with Gasteiger partial charge in [-0.05, 0) is 47.7 Å². The summed E-state index contributed by atoms with van der Waals surface area (Å²) in [6, 6.07) is 15.4. The molecule has 3 rings (SSSR count). The molecule has 2 aromatic carbocycles. The Hall–Kier alpha value is -1.80. The Balaban J connectivity index is 1.94. The molecular formula is C17H20N2. The number of fused-ring (bicyclic) bond motifs is 1. The lowest BCUT2D eigenvalue weighted by Gasteiger charge is -2.12. The van der Waals surface area contributed by atoms with Crippen molar-refractivity contribution in [3.63, 3.8) is 0 Å². The predicted octanol–water partition coefficient (Wildman–Crippen LogP) is 3.37. The molecule has 2 aromatic rings. The molecule has 0 fully saturated rings. The summed E-state index contributed by atoms with van der Waals surface area (Å²) in [4.78, 5) is 2.32. The van der Waals surface area contributed by atoms with Gasteiger partial charge in [-0.15, -0.1) is 0 Å². The zero-order valence-electron chi connectivity index (χ0n) is 11.6. The van der Waals surface area contributed by atoms with Gasteiger partial charge in [0, 0.05) is 25.3 Å². The highest BCUT2D eigenvalue weighted by Crippen LogP contribution is 2.31. The second-order valence-corrected chi connectivity index (χ2v) is 5.43. The number of hydrogen-bond donors (Lipinski definition) is 1. The topological polar surface area (TPSA) is 29.3 Å². The van der Waals surface area contributed by atoms with Gasteiger partial charge in [0.15, 0.2) is 0 Å². The molecule has 19 heavy (non-hydrogen) atoms. The Labute approximate surface area is 114 Å². The van der Waals surface area contributed by atoms with Crippen LogP contribution in [0, 0.1) is 0 Å². The zero-order valence-corrected chi connectivity index (χ0v) is 11.6. The van der Waals surface area contributed by atoms with Gasteiger partial charge in [-0.25, -0.2) is 0 Å². The van der Waals surface area contributed by atoms with E-state index in [-0.39, 0.29) is 6.04 Å². The average Bonchev–Trinajstić information content (AvgIpc) is 2.80. The maximum absolute atomic E-state index is 5.89. The fourth-order valence-corrected chi connectivity index (χ4v) is 2.73. The van der Waals surface area contributed by atoms with Crippen molar-refractivity contribution in [3.05, 3.63) is 53.6 Å². The van der Waals surface area contributed by atoms with E-state index in [1.54, 1.807) is 0 Å². The molecule has 1 heterocycles. The number of likely N-dealkylation sites (N-methyl/N-ethyl adjacent to an activating group) is 1. The summed E-state index contributed by atoms with van der Waals surface area (Å²) in [6.45, 7) is 3.14. The van der Waals surface area contributed by atoms with Gasteiger partial charge in [0.2, 0.25) is 0 Å². The number of benzene rings is 2. The van der Waals surface area contributed by atoms with E-state index in [0.717, 1.165) is 13.0 Å². The third-order valence-electron chi connectivity index (χ3n) is 3.98. The molecule has 98 valence electrons. The molecule has 0 bridgehead atoms. The van der Waals surface area contributed by atoms with E-state index in [9.17, 15) is 0 Å². The summed E-state index contributed by atoms with van der Waals surface area (Å²) < 4.78 is 0. The quantitative estimate of drug-likeness (QED) is 0.888. The highest BCUT2D eigenvalue weighted by Gasteiger charge is 2.15. The fraction of sp³-hybridized carbons (Fsp3) is 0.294. The van der Waals surface area contributed by atoms with E-state index in [4.69, 9.17) is 5.73 Å². The molecule has 2 heteroatoms. The Morgan fingerprint density at radius 1 is 1.05 bits per heavy atom. The van der Waals surface area contributed by atoms with Gasteiger partial charge in [0.25, 0.3) is 0 Å². The molecule has 0 aliphatic carbocycles. The smallest absolute Gasteiger partial charge is 0.0397 e. The van der Waals surface area contributed by atoms with Gasteiger partial charge in [-0.3, -0.25) is 0 Å². The van der Waals surface area contributed by atoms with E-state index < -0.39 is 0 Å². The van der Waals surface area contributed by atoms with E-state index in [1.807, 2.05) is 6.92 Å². The number of nitrogens with two attached hydrogens (primary N) is 1. The molecule has 1 unspecified atom stereocenters. The highest BCUT2D eigenvalue weighted by atomic mass is 15.1. The SMILES string of the molecule is CC(N)c1ccc(-c2ccc3c(c2)CCN3C)cc1. The lowest BCUT2D eigenvalue weighted by atomic mass is 9.99. The van der Waals surface area contributed by atoms with Crippen molar-refractivity contribution < 1.29 is 0 Å². The van der Waals surface area contributed by atoms with E-state index in [0.29, 0.717) is 0 Å². The minimum atomic E-state index is 0.0997. The minimum Gasteiger partial charge on any atom is -0.374 e. The Morgan fingerprint density at radius 2 is 1.74 bits per heavy atom. The summed E-state index contributed by atoms with van der Waals surface area (Å²) in [7, 11) is 2.16. The number of anilines is 1. The molecule has 2 N–H and O–H groups in total. The molecule has 0 saturated carbocycles. The van der Waals surface area contributed by atoms with Gasteiger partial charge in [0.1, 0.15) is 0 Å². The molecule has 0 spiro atoms. The van der Waals surface area contributed by atoms with Crippen LogP contribution in [-0.4, -0.2) is 13.6 Å². The third-order valence-corrected chi connectivity index (χ3v) is 3.98. The molecule has 0 amide bonds. The summed E-state index contributed by atoms with van der Waals surface area (Å²) >= 11 is 0. The maximum Gasteiger partial charge on any atom is 0.0397 e. The van der Waals surface area contributed by atoms with Crippen molar-refractivity contribution >= 4 is 5.69 Å². The van der Waals surface area contributed by atoms with Gasteiger partial charge < -0.3 is 10.6 Å². The van der Waals surface area contributed by atoms with Crippen molar-refractivity contribution in [3.8, 4) is 11.1 Å². The normalized spacial score (nSPS) is 15.4. The summed E-state index contributed by atoms with van der Waals surface area (Å²) in [5.74, 6) is 0. The predicted molar refractivity (Wildman–Crippen MR) is 81.5 cm³/mol. The number of nitrogens with zero attached hydrogens (tertiary/aromatic N) is 1. The van der Waals surface area contributed by atoms with Crippen molar-refractivity contribution in [2.75, 3.05) is 18.5 Å². The second-order valence-electron chi connectivity index (χ2n) is 5.43. The van der Waals surface area contributed by atoms with Gasteiger partial charge in [-0.1, -0.05) is 30.3 Å². The number of hydrogen-bond acceptors (Lipinski definition) is 2. The minimum absolute atomic E-state index is 0.0997. The van der Waals surface area contributed by atoms with Crippen LogP contribution in [0.5, 0.6) is 0 Å². The van der Waals surface area contributed by atoms with E-state index >= 15 is 0 Å². The molecular weight excluding hydrogens is 232 g/mol. The lowest BCUT2D eigenvalue weighted by Crippen LogP contribution is -2.12. The molecule has 0 radical (unpaired) electrons. The van der Waals surface area contributed by atoms with Crippen LogP contribution in [0.1, 0.15) is 24.1 Å². The van der Waals surface area contributed by atoms with Crippen LogP contribution in [0.3, 0.4) is 0 Å². The van der Waals surface area contributed by atoms with Crippen LogP contribution >= 0.6 is 0 Å². The first kappa shape index (κ1) is 12.2. The lowest BCUT2D eigenvalue weighted by molar-refractivity contribution is 0.818. The van der Waals surface area contributed by atoms with Crippen molar-refractivity contribution in [2.24, 2.45) is 5.73 Å². The average molecular weight is 252 g/mol. The summed E-state index contributed by atoms with van der Waals surface area (Å²) in [5.41, 5.74) is 12.5. The fourth-order valence-electron chi connectivity index (χ4n) is 2.73. The first-order valence-corrected chi connectivity index (χ1v) is 6.85. The van der Waals surface area contributed by atoms with Crippen LogP contribution in [-0.2, 0) is 6.42 Å². The van der Waals surface area contributed by atoms with Gasteiger partial charge in [-0.2, -0.15) is 0 Å². The van der Waals surface area contributed by atoms with Crippen molar-refractivity contribution in [1.29, 1.82) is 0 Å².